The Morgan fingerprint density at radius 1 is 1.41 bits per heavy atom. The molecular weight excluding hydrogens is 212 g/mol. The SMILES string of the molecule is CC(C)C(CCc1ccc2c(c1)CCO2)NN. The predicted molar refractivity (Wildman–Crippen MR) is 69.9 cm³/mol. The Kier molecular flexibility index (Phi) is 4.02. The Morgan fingerprint density at radius 3 is 2.94 bits per heavy atom. The molecule has 1 aromatic rings. The third-order valence-electron chi connectivity index (χ3n) is 3.52. The molecule has 1 unspecified atom stereocenters. The Hall–Kier alpha value is -1.06. The van der Waals surface area contributed by atoms with E-state index in [0.717, 1.165) is 31.6 Å². The van der Waals surface area contributed by atoms with Gasteiger partial charge in [-0.3, -0.25) is 11.3 Å². The van der Waals surface area contributed by atoms with Gasteiger partial charge >= 0.3 is 0 Å². The highest BCUT2D eigenvalue weighted by atomic mass is 16.5. The van der Waals surface area contributed by atoms with Crippen molar-refractivity contribution in [2.24, 2.45) is 11.8 Å². The van der Waals surface area contributed by atoms with E-state index in [0.29, 0.717) is 12.0 Å². The van der Waals surface area contributed by atoms with Gasteiger partial charge in [-0.05, 0) is 36.0 Å². The van der Waals surface area contributed by atoms with E-state index in [9.17, 15) is 0 Å². The van der Waals surface area contributed by atoms with Crippen molar-refractivity contribution >= 4 is 0 Å². The fraction of sp³-hybridized carbons (Fsp3) is 0.571. The lowest BCUT2D eigenvalue weighted by atomic mass is 9.96. The average molecular weight is 234 g/mol. The van der Waals surface area contributed by atoms with Crippen LogP contribution in [0.5, 0.6) is 5.75 Å². The summed E-state index contributed by atoms with van der Waals surface area (Å²) in [5.74, 6) is 7.19. The van der Waals surface area contributed by atoms with Crippen LogP contribution >= 0.6 is 0 Å². The van der Waals surface area contributed by atoms with Crippen LogP contribution in [-0.4, -0.2) is 12.6 Å². The van der Waals surface area contributed by atoms with Crippen molar-refractivity contribution in [2.45, 2.75) is 39.2 Å². The van der Waals surface area contributed by atoms with E-state index in [-0.39, 0.29) is 0 Å². The van der Waals surface area contributed by atoms with Gasteiger partial charge in [0.15, 0.2) is 0 Å². The molecule has 17 heavy (non-hydrogen) atoms. The molecule has 3 N–H and O–H groups in total. The zero-order chi connectivity index (χ0) is 12.3. The van der Waals surface area contributed by atoms with E-state index in [4.69, 9.17) is 10.6 Å². The highest BCUT2D eigenvalue weighted by Crippen LogP contribution is 2.26. The summed E-state index contributed by atoms with van der Waals surface area (Å²) < 4.78 is 5.51. The molecule has 0 spiro atoms. The second-order valence-electron chi connectivity index (χ2n) is 5.10. The molecule has 1 aliphatic rings. The third kappa shape index (κ3) is 2.99. The predicted octanol–water partition coefficient (Wildman–Crippen LogP) is 2.04. The highest BCUT2D eigenvalue weighted by molar-refractivity contribution is 5.39. The molecule has 2 rings (SSSR count). The largest absolute Gasteiger partial charge is 0.493 e. The number of hydrogen-bond donors (Lipinski definition) is 2. The van der Waals surface area contributed by atoms with Crippen molar-refractivity contribution in [3.05, 3.63) is 29.3 Å². The molecule has 0 saturated heterocycles. The second-order valence-corrected chi connectivity index (χ2v) is 5.10. The molecule has 0 amide bonds. The molecule has 1 heterocycles. The van der Waals surface area contributed by atoms with E-state index >= 15 is 0 Å². The minimum Gasteiger partial charge on any atom is -0.493 e. The number of ether oxygens (including phenoxy) is 1. The van der Waals surface area contributed by atoms with Gasteiger partial charge in [-0.15, -0.1) is 0 Å². The lowest BCUT2D eigenvalue weighted by Crippen LogP contribution is -2.39. The van der Waals surface area contributed by atoms with Crippen LogP contribution in [0.25, 0.3) is 0 Å². The van der Waals surface area contributed by atoms with E-state index < -0.39 is 0 Å². The van der Waals surface area contributed by atoms with Crippen LogP contribution in [0.1, 0.15) is 31.4 Å². The molecule has 1 aromatic carbocycles. The normalized spacial score (nSPS) is 15.8. The maximum atomic E-state index is 5.56. The van der Waals surface area contributed by atoms with Crippen LogP contribution in [0.4, 0.5) is 0 Å². The summed E-state index contributed by atoms with van der Waals surface area (Å²) in [6, 6.07) is 6.92. The Morgan fingerprint density at radius 2 is 2.24 bits per heavy atom. The standard InChI is InChI=1S/C14H22N2O/c1-10(2)13(16-15)5-3-11-4-6-14-12(9-11)7-8-17-14/h4,6,9-10,13,16H,3,5,7-8,15H2,1-2H3. The quantitative estimate of drug-likeness (QED) is 0.605. The Balaban J connectivity index is 1.95. The molecule has 0 aliphatic carbocycles. The highest BCUT2D eigenvalue weighted by Gasteiger charge is 2.14. The number of fused-ring (bicyclic) bond motifs is 1. The number of hydrogen-bond acceptors (Lipinski definition) is 3. The smallest absolute Gasteiger partial charge is 0.122 e. The summed E-state index contributed by atoms with van der Waals surface area (Å²) in [6.45, 7) is 5.22. The van der Waals surface area contributed by atoms with Crippen LogP contribution in [0.3, 0.4) is 0 Å². The molecule has 0 fully saturated rings. The van der Waals surface area contributed by atoms with Gasteiger partial charge in [0.25, 0.3) is 0 Å². The first-order valence-electron chi connectivity index (χ1n) is 6.41. The van der Waals surface area contributed by atoms with Gasteiger partial charge in [0, 0.05) is 12.5 Å². The zero-order valence-corrected chi connectivity index (χ0v) is 10.7. The molecule has 0 radical (unpaired) electrons. The van der Waals surface area contributed by atoms with Gasteiger partial charge < -0.3 is 4.74 Å². The molecule has 94 valence electrons. The minimum absolute atomic E-state index is 0.388. The van der Waals surface area contributed by atoms with E-state index in [2.05, 4.69) is 37.5 Å². The molecular formula is C14H22N2O. The lowest BCUT2D eigenvalue weighted by Gasteiger charge is -2.19. The molecule has 3 nitrogen and oxygen atoms in total. The van der Waals surface area contributed by atoms with Crippen LogP contribution < -0.4 is 16.0 Å². The zero-order valence-electron chi connectivity index (χ0n) is 10.7. The molecule has 1 atom stereocenters. The van der Waals surface area contributed by atoms with Crippen LogP contribution in [-0.2, 0) is 12.8 Å². The van der Waals surface area contributed by atoms with Gasteiger partial charge in [-0.25, -0.2) is 0 Å². The van der Waals surface area contributed by atoms with Crippen molar-refractivity contribution in [1.82, 2.24) is 5.43 Å². The van der Waals surface area contributed by atoms with Crippen LogP contribution in [0, 0.1) is 5.92 Å². The number of aryl methyl sites for hydroxylation is 1. The number of nitrogens with two attached hydrogens (primary N) is 1. The third-order valence-corrected chi connectivity index (χ3v) is 3.52. The maximum Gasteiger partial charge on any atom is 0.122 e. The molecule has 0 saturated carbocycles. The van der Waals surface area contributed by atoms with Crippen molar-refractivity contribution in [3.8, 4) is 5.75 Å². The van der Waals surface area contributed by atoms with Crippen molar-refractivity contribution in [3.63, 3.8) is 0 Å². The van der Waals surface area contributed by atoms with Gasteiger partial charge in [0.2, 0.25) is 0 Å². The number of hydrazine groups is 1. The first-order valence-corrected chi connectivity index (χ1v) is 6.41. The van der Waals surface area contributed by atoms with Crippen LogP contribution in [0.2, 0.25) is 0 Å². The number of benzene rings is 1. The van der Waals surface area contributed by atoms with Gasteiger partial charge in [0.1, 0.15) is 5.75 Å². The van der Waals surface area contributed by atoms with E-state index in [1.807, 2.05) is 0 Å². The van der Waals surface area contributed by atoms with Gasteiger partial charge in [-0.2, -0.15) is 0 Å². The first-order chi connectivity index (χ1) is 8.20. The fourth-order valence-corrected chi connectivity index (χ4v) is 2.33. The number of nitrogens with one attached hydrogen (secondary N) is 1. The van der Waals surface area contributed by atoms with Crippen molar-refractivity contribution in [1.29, 1.82) is 0 Å². The lowest BCUT2D eigenvalue weighted by molar-refractivity contribution is 0.356. The summed E-state index contributed by atoms with van der Waals surface area (Å²) >= 11 is 0. The molecule has 0 aromatic heterocycles. The van der Waals surface area contributed by atoms with Crippen molar-refractivity contribution in [2.75, 3.05) is 6.61 Å². The summed E-state index contributed by atoms with van der Waals surface area (Å²) in [6.07, 6.45) is 3.19. The van der Waals surface area contributed by atoms with Gasteiger partial charge in [0.05, 0.1) is 6.61 Å². The maximum absolute atomic E-state index is 5.56. The van der Waals surface area contributed by atoms with E-state index in [1.165, 1.54) is 11.1 Å². The first kappa shape index (κ1) is 12.4. The molecule has 0 bridgehead atoms. The monoisotopic (exact) mass is 234 g/mol. The van der Waals surface area contributed by atoms with Gasteiger partial charge in [-0.1, -0.05) is 26.0 Å². The summed E-state index contributed by atoms with van der Waals surface area (Å²) in [7, 11) is 0. The summed E-state index contributed by atoms with van der Waals surface area (Å²) in [4.78, 5) is 0. The molecule has 3 heteroatoms. The topological polar surface area (TPSA) is 47.3 Å². The van der Waals surface area contributed by atoms with E-state index in [1.54, 1.807) is 0 Å². The van der Waals surface area contributed by atoms with Crippen LogP contribution in [0.15, 0.2) is 18.2 Å². The molecule has 1 aliphatic heterocycles. The Labute approximate surface area is 103 Å². The second kappa shape index (κ2) is 5.52. The Bertz CT molecular complexity index is 376. The average Bonchev–Trinajstić information content (AvgIpc) is 2.76. The fourth-order valence-electron chi connectivity index (χ4n) is 2.33. The van der Waals surface area contributed by atoms with Crippen molar-refractivity contribution < 1.29 is 4.74 Å². The number of rotatable bonds is 5. The summed E-state index contributed by atoms with van der Waals surface area (Å²) in [5, 5.41) is 0. The minimum atomic E-state index is 0.388. The summed E-state index contributed by atoms with van der Waals surface area (Å²) in [5.41, 5.74) is 5.63.